The molecule has 0 spiro atoms. The van der Waals surface area contributed by atoms with Gasteiger partial charge in [-0.3, -0.25) is 0 Å². The topological polar surface area (TPSA) is 61.4 Å². The molecule has 0 aliphatic heterocycles. The highest BCUT2D eigenvalue weighted by Gasteiger charge is 2.17. The van der Waals surface area contributed by atoms with Gasteiger partial charge in [0.1, 0.15) is 5.75 Å². The van der Waals surface area contributed by atoms with Gasteiger partial charge in [0.05, 0.1) is 0 Å². The number of hydrogen-bond acceptors (Lipinski definition) is 2. The number of aryl methyl sites for hydroxylation is 1. The van der Waals surface area contributed by atoms with E-state index in [1.165, 1.54) is 12.8 Å². The van der Waals surface area contributed by atoms with Crippen molar-refractivity contribution in [2.45, 2.75) is 38.6 Å². The molecule has 2 rings (SSSR count). The second kappa shape index (κ2) is 5.08. The summed E-state index contributed by atoms with van der Waals surface area (Å²) in [5, 5.41) is 15.0. The Hall–Kier alpha value is -1.71. The van der Waals surface area contributed by atoms with Crippen LogP contribution in [0.15, 0.2) is 18.2 Å². The van der Waals surface area contributed by atoms with Gasteiger partial charge in [0.25, 0.3) is 0 Å². The summed E-state index contributed by atoms with van der Waals surface area (Å²) in [6.07, 6.45) is 4.54. The van der Waals surface area contributed by atoms with E-state index in [1.54, 1.807) is 18.2 Å². The zero-order valence-electron chi connectivity index (χ0n) is 9.99. The van der Waals surface area contributed by atoms with Crippen molar-refractivity contribution in [2.75, 3.05) is 5.32 Å². The summed E-state index contributed by atoms with van der Waals surface area (Å²) in [5.74, 6) is 0.212. The Balaban J connectivity index is 1.93. The molecule has 1 aromatic carbocycles. The van der Waals surface area contributed by atoms with Gasteiger partial charge in [-0.1, -0.05) is 12.8 Å². The lowest BCUT2D eigenvalue weighted by Gasteiger charge is -2.14. The number of carbonyl (C=O) groups is 1. The molecule has 3 N–H and O–H groups in total. The molecule has 1 aliphatic rings. The number of rotatable bonds is 2. The smallest absolute Gasteiger partial charge is 0.319 e. The monoisotopic (exact) mass is 234 g/mol. The maximum absolute atomic E-state index is 11.7. The van der Waals surface area contributed by atoms with E-state index in [0.29, 0.717) is 6.04 Å². The van der Waals surface area contributed by atoms with Crippen molar-refractivity contribution in [3.8, 4) is 5.75 Å². The van der Waals surface area contributed by atoms with Crippen molar-refractivity contribution >= 4 is 11.7 Å². The summed E-state index contributed by atoms with van der Waals surface area (Å²) in [7, 11) is 0. The SMILES string of the molecule is Cc1cc(O)ccc1NC(=O)NC1CCCC1. The molecule has 1 saturated carbocycles. The van der Waals surface area contributed by atoms with Crippen LogP contribution < -0.4 is 10.6 Å². The lowest BCUT2D eigenvalue weighted by molar-refractivity contribution is 0.248. The average Bonchev–Trinajstić information content (AvgIpc) is 2.75. The molecular weight excluding hydrogens is 216 g/mol. The van der Waals surface area contributed by atoms with Gasteiger partial charge in [-0.05, 0) is 43.5 Å². The number of urea groups is 1. The van der Waals surface area contributed by atoms with Crippen molar-refractivity contribution in [1.29, 1.82) is 0 Å². The van der Waals surface area contributed by atoms with Crippen LogP contribution in [-0.4, -0.2) is 17.2 Å². The van der Waals surface area contributed by atoms with Crippen molar-refractivity contribution in [3.63, 3.8) is 0 Å². The fourth-order valence-corrected chi connectivity index (χ4v) is 2.20. The molecule has 0 saturated heterocycles. The molecule has 4 nitrogen and oxygen atoms in total. The maximum atomic E-state index is 11.7. The Kier molecular flexibility index (Phi) is 3.52. The first-order valence-corrected chi connectivity index (χ1v) is 6.02. The third kappa shape index (κ3) is 3.12. The average molecular weight is 234 g/mol. The van der Waals surface area contributed by atoms with Crippen molar-refractivity contribution < 1.29 is 9.90 Å². The van der Waals surface area contributed by atoms with Gasteiger partial charge in [0, 0.05) is 11.7 Å². The molecule has 4 heteroatoms. The summed E-state index contributed by atoms with van der Waals surface area (Å²) in [6, 6.07) is 5.06. The first-order chi connectivity index (χ1) is 8.15. The molecule has 0 unspecified atom stereocenters. The summed E-state index contributed by atoms with van der Waals surface area (Å²) < 4.78 is 0. The highest BCUT2D eigenvalue weighted by molar-refractivity contribution is 5.90. The van der Waals surface area contributed by atoms with Crippen LogP contribution in [0.25, 0.3) is 0 Å². The molecule has 0 bridgehead atoms. The Bertz CT molecular complexity index is 412. The first-order valence-electron chi connectivity index (χ1n) is 6.02. The van der Waals surface area contributed by atoms with Gasteiger partial charge in [-0.15, -0.1) is 0 Å². The van der Waals surface area contributed by atoms with Crippen LogP contribution in [0.2, 0.25) is 0 Å². The van der Waals surface area contributed by atoms with Gasteiger partial charge in [-0.2, -0.15) is 0 Å². The standard InChI is InChI=1S/C13H18N2O2/c1-9-8-11(16)6-7-12(9)15-13(17)14-10-4-2-3-5-10/h6-8,10,16H,2-5H2,1H3,(H2,14,15,17). The number of amides is 2. The van der Waals surface area contributed by atoms with Gasteiger partial charge in [-0.25, -0.2) is 4.79 Å². The van der Waals surface area contributed by atoms with Crippen LogP contribution >= 0.6 is 0 Å². The third-order valence-electron chi connectivity index (χ3n) is 3.15. The summed E-state index contributed by atoms with van der Waals surface area (Å²) in [5.41, 5.74) is 1.59. The second-order valence-corrected chi connectivity index (χ2v) is 4.58. The van der Waals surface area contributed by atoms with Gasteiger partial charge in [0.2, 0.25) is 0 Å². The van der Waals surface area contributed by atoms with Crippen LogP contribution in [0.1, 0.15) is 31.2 Å². The van der Waals surface area contributed by atoms with Crippen LogP contribution in [0.3, 0.4) is 0 Å². The molecule has 0 radical (unpaired) electrons. The highest BCUT2D eigenvalue weighted by Crippen LogP contribution is 2.21. The van der Waals surface area contributed by atoms with Crippen LogP contribution in [0.4, 0.5) is 10.5 Å². The predicted octanol–water partition coefficient (Wildman–Crippen LogP) is 2.76. The molecule has 0 heterocycles. The van der Waals surface area contributed by atoms with E-state index < -0.39 is 0 Å². The molecule has 2 amide bonds. The zero-order valence-corrected chi connectivity index (χ0v) is 9.99. The fourth-order valence-electron chi connectivity index (χ4n) is 2.20. The Morgan fingerprint density at radius 3 is 2.71 bits per heavy atom. The van der Waals surface area contributed by atoms with Crippen LogP contribution in [0, 0.1) is 6.92 Å². The molecule has 1 aliphatic carbocycles. The minimum Gasteiger partial charge on any atom is -0.508 e. The van der Waals surface area contributed by atoms with E-state index in [4.69, 9.17) is 0 Å². The number of anilines is 1. The summed E-state index contributed by atoms with van der Waals surface area (Å²) in [4.78, 5) is 11.7. The van der Waals surface area contributed by atoms with Gasteiger partial charge < -0.3 is 15.7 Å². The molecular formula is C13H18N2O2. The highest BCUT2D eigenvalue weighted by atomic mass is 16.3. The number of carbonyl (C=O) groups excluding carboxylic acids is 1. The number of benzene rings is 1. The van der Waals surface area contributed by atoms with E-state index >= 15 is 0 Å². The van der Waals surface area contributed by atoms with Crippen LogP contribution in [-0.2, 0) is 0 Å². The Labute approximate surface area is 101 Å². The molecule has 17 heavy (non-hydrogen) atoms. The van der Waals surface area contributed by atoms with Gasteiger partial charge in [0.15, 0.2) is 0 Å². The zero-order chi connectivity index (χ0) is 12.3. The quantitative estimate of drug-likeness (QED) is 0.689. The van der Waals surface area contributed by atoms with Crippen molar-refractivity contribution in [2.24, 2.45) is 0 Å². The number of phenols is 1. The minimum absolute atomic E-state index is 0.161. The number of phenolic OH excluding ortho intramolecular Hbond substituents is 1. The van der Waals surface area contributed by atoms with E-state index in [9.17, 15) is 9.90 Å². The minimum atomic E-state index is -0.161. The Morgan fingerprint density at radius 1 is 1.35 bits per heavy atom. The number of nitrogens with one attached hydrogen (secondary N) is 2. The lowest BCUT2D eigenvalue weighted by atomic mass is 10.2. The van der Waals surface area contributed by atoms with Crippen molar-refractivity contribution in [3.05, 3.63) is 23.8 Å². The van der Waals surface area contributed by atoms with Gasteiger partial charge >= 0.3 is 6.03 Å². The first kappa shape index (κ1) is 11.8. The second-order valence-electron chi connectivity index (χ2n) is 4.58. The normalized spacial score (nSPS) is 15.8. The number of hydrogen-bond donors (Lipinski definition) is 3. The molecule has 0 atom stereocenters. The molecule has 0 aromatic heterocycles. The van der Waals surface area contributed by atoms with E-state index in [-0.39, 0.29) is 11.8 Å². The molecule has 92 valence electrons. The molecule has 1 aromatic rings. The lowest BCUT2D eigenvalue weighted by Crippen LogP contribution is -2.36. The van der Waals surface area contributed by atoms with E-state index in [2.05, 4.69) is 10.6 Å². The maximum Gasteiger partial charge on any atom is 0.319 e. The predicted molar refractivity (Wildman–Crippen MR) is 67.3 cm³/mol. The van der Waals surface area contributed by atoms with E-state index in [1.807, 2.05) is 6.92 Å². The fraction of sp³-hybridized carbons (Fsp3) is 0.462. The molecule has 1 fully saturated rings. The summed E-state index contributed by atoms with van der Waals surface area (Å²) >= 11 is 0. The number of aromatic hydroxyl groups is 1. The largest absolute Gasteiger partial charge is 0.508 e. The Morgan fingerprint density at radius 2 is 2.06 bits per heavy atom. The van der Waals surface area contributed by atoms with Crippen molar-refractivity contribution in [1.82, 2.24) is 5.32 Å². The van der Waals surface area contributed by atoms with E-state index in [0.717, 1.165) is 24.1 Å². The van der Waals surface area contributed by atoms with Crippen LogP contribution in [0.5, 0.6) is 5.75 Å². The third-order valence-corrected chi connectivity index (χ3v) is 3.15. The summed E-state index contributed by atoms with van der Waals surface area (Å²) in [6.45, 7) is 1.85.